The van der Waals surface area contributed by atoms with Gasteiger partial charge in [-0.1, -0.05) is 11.6 Å². The fourth-order valence-electron chi connectivity index (χ4n) is 1.22. The van der Waals surface area contributed by atoms with E-state index < -0.39 is 0 Å². The number of anilines is 1. The predicted molar refractivity (Wildman–Crippen MR) is 52.2 cm³/mol. The van der Waals surface area contributed by atoms with Crippen molar-refractivity contribution < 1.29 is 5.21 Å². The van der Waals surface area contributed by atoms with Gasteiger partial charge >= 0.3 is 0 Å². The summed E-state index contributed by atoms with van der Waals surface area (Å²) in [6.07, 6.45) is 1.61. The maximum atomic E-state index is 8.79. The minimum Gasteiger partial charge on any atom is -0.291 e. The van der Waals surface area contributed by atoms with Gasteiger partial charge in [-0.05, 0) is 24.3 Å². The first-order valence-corrected chi connectivity index (χ1v) is 4.13. The quantitative estimate of drug-likeness (QED) is 0.687. The maximum absolute atomic E-state index is 8.79. The van der Waals surface area contributed by atoms with Crippen molar-refractivity contribution in [3.8, 4) is 0 Å². The highest BCUT2D eigenvalue weighted by atomic mass is 35.5. The van der Waals surface area contributed by atoms with Crippen LogP contribution in [-0.4, -0.2) is 10.2 Å². The van der Waals surface area contributed by atoms with Crippen molar-refractivity contribution in [2.45, 2.75) is 0 Å². The molecule has 0 fully saturated rings. The molecule has 0 bridgehead atoms. The first-order chi connectivity index (χ1) is 6.31. The summed E-state index contributed by atoms with van der Waals surface area (Å²) >= 11 is 5.79. The molecule has 1 aromatic carbocycles. The Morgan fingerprint density at radius 1 is 1.31 bits per heavy atom. The standard InChI is InChI=1S/C9H7ClN2O/c10-6-1-2-7-8(12-13)3-4-11-9(7)5-6/h1-5,13H,(H,11,12). The third-order valence-electron chi connectivity index (χ3n) is 1.83. The van der Waals surface area contributed by atoms with Crippen LogP contribution < -0.4 is 5.48 Å². The lowest BCUT2D eigenvalue weighted by Crippen LogP contribution is -1.91. The molecule has 0 aliphatic carbocycles. The molecule has 4 heteroatoms. The summed E-state index contributed by atoms with van der Waals surface area (Å²) in [6.45, 7) is 0. The first-order valence-electron chi connectivity index (χ1n) is 3.75. The third-order valence-corrected chi connectivity index (χ3v) is 2.06. The molecule has 0 amide bonds. The topological polar surface area (TPSA) is 45.1 Å². The van der Waals surface area contributed by atoms with Crippen LogP contribution in [0.15, 0.2) is 30.5 Å². The van der Waals surface area contributed by atoms with E-state index in [0.29, 0.717) is 10.7 Å². The van der Waals surface area contributed by atoms with Crippen molar-refractivity contribution >= 4 is 28.2 Å². The summed E-state index contributed by atoms with van der Waals surface area (Å²) in [5.41, 5.74) is 3.49. The van der Waals surface area contributed by atoms with E-state index in [0.717, 1.165) is 10.9 Å². The molecule has 0 spiro atoms. The Labute approximate surface area is 79.9 Å². The summed E-state index contributed by atoms with van der Waals surface area (Å²) in [5.74, 6) is 0. The van der Waals surface area contributed by atoms with E-state index in [2.05, 4.69) is 10.5 Å². The lowest BCUT2D eigenvalue weighted by Gasteiger charge is -2.03. The van der Waals surface area contributed by atoms with Crippen LogP contribution in [0.2, 0.25) is 5.02 Å². The van der Waals surface area contributed by atoms with Crippen LogP contribution in [-0.2, 0) is 0 Å². The van der Waals surface area contributed by atoms with Crippen molar-refractivity contribution in [1.29, 1.82) is 0 Å². The van der Waals surface area contributed by atoms with E-state index >= 15 is 0 Å². The molecule has 1 aromatic heterocycles. The van der Waals surface area contributed by atoms with Crippen molar-refractivity contribution in [3.63, 3.8) is 0 Å². The van der Waals surface area contributed by atoms with E-state index in [1.165, 1.54) is 0 Å². The van der Waals surface area contributed by atoms with Crippen LogP contribution in [0.5, 0.6) is 0 Å². The van der Waals surface area contributed by atoms with Crippen LogP contribution >= 0.6 is 11.6 Å². The number of rotatable bonds is 1. The monoisotopic (exact) mass is 194 g/mol. The Bertz CT molecular complexity index is 445. The zero-order valence-corrected chi connectivity index (χ0v) is 7.42. The van der Waals surface area contributed by atoms with E-state index in [9.17, 15) is 0 Å². The highest BCUT2D eigenvalue weighted by Crippen LogP contribution is 2.23. The number of hydrogen-bond acceptors (Lipinski definition) is 3. The van der Waals surface area contributed by atoms with Gasteiger partial charge in [-0.15, -0.1) is 0 Å². The average Bonchev–Trinajstić information content (AvgIpc) is 2.16. The second-order valence-electron chi connectivity index (χ2n) is 2.63. The van der Waals surface area contributed by atoms with Gasteiger partial charge in [0.2, 0.25) is 0 Å². The number of halogens is 1. The van der Waals surface area contributed by atoms with Crippen molar-refractivity contribution in [2.24, 2.45) is 0 Å². The molecule has 2 aromatic rings. The van der Waals surface area contributed by atoms with Crippen molar-refractivity contribution in [3.05, 3.63) is 35.5 Å². The van der Waals surface area contributed by atoms with Crippen LogP contribution in [0.4, 0.5) is 5.69 Å². The van der Waals surface area contributed by atoms with Gasteiger partial charge in [0.1, 0.15) is 0 Å². The summed E-state index contributed by atoms with van der Waals surface area (Å²) in [6, 6.07) is 7.00. The zero-order chi connectivity index (χ0) is 9.26. The van der Waals surface area contributed by atoms with E-state index in [1.54, 1.807) is 24.4 Å². The molecule has 0 aliphatic rings. The van der Waals surface area contributed by atoms with Crippen LogP contribution in [0.3, 0.4) is 0 Å². The molecular weight excluding hydrogens is 188 g/mol. The first kappa shape index (κ1) is 8.29. The Balaban J connectivity index is 2.77. The predicted octanol–water partition coefficient (Wildman–Crippen LogP) is 2.69. The number of pyridine rings is 1. The van der Waals surface area contributed by atoms with Gasteiger partial charge in [0.25, 0.3) is 0 Å². The summed E-state index contributed by atoms with van der Waals surface area (Å²) in [5, 5.41) is 10.3. The Morgan fingerprint density at radius 3 is 2.92 bits per heavy atom. The fraction of sp³-hybridized carbons (Fsp3) is 0. The van der Waals surface area contributed by atoms with Gasteiger partial charge < -0.3 is 0 Å². The summed E-state index contributed by atoms with van der Waals surface area (Å²) in [4.78, 5) is 4.12. The normalized spacial score (nSPS) is 10.3. The van der Waals surface area contributed by atoms with Gasteiger partial charge in [-0.3, -0.25) is 15.7 Å². The fourth-order valence-corrected chi connectivity index (χ4v) is 1.39. The SMILES string of the molecule is ONc1ccnc2cc(Cl)ccc12. The molecule has 1 heterocycles. The number of nitrogens with zero attached hydrogens (tertiary/aromatic N) is 1. The van der Waals surface area contributed by atoms with E-state index in [1.807, 2.05) is 6.07 Å². The molecular formula is C9H7ClN2O. The second-order valence-corrected chi connectivity index (χ2v) is 3.07. The van der Waals surface area contributed by atoms with Gasteiger partial charge in [0.15, 0.2) is 0 Å². The Morgan fingerprint density at radius 2 is 2.15 bits per heavy atom. The van der Waals surface area contributed by atoms with Gasteiger partial charge in [-0.25, -0.2) is 0 Å². The maximum Gasteiger partial charge on any atom is 0.0738 e. The minimum absolute atomic E-state index is 0.627. The van der Waals surface area contributed by atoms with E-state index in [4.69, 9.17) is 16.8 Å². The largest absolute Gasteiger partial charge is 0.291 e. The van der Waals surface area contributed by atoms with Crippen LogP contribution in [0, 0.1) is 0 Å². The van der Waals surface area contributed by atoms with Gasteiger partial charge in [-0.2, -0.15) is 0 Å². The Kier molecular flexibility index (Phi) is 2.04. The molecule has 0 radical (unpaired) electrons. The minimum atomic E-state index is 0.627. The highest BCUT2D eigenvalue weighted by molar-refractivity contribution is 6.31. The molecule has 0 saturated heterocycles. The molecule has 66 valence electrons. The lowest BCUT2D eigenvalue weighted by molar-refractivity contribution is 0.390. The molecule has 2 rings (SSSR count). The summed E-state index contributed by atoms with van der Waals surface area (Å²) in [7, 11) is 0. The number of nitrogens with one attached hydrogen (secondary N) is 1. The molecule has 0 atom stereocenters. The highest BCUT2D eigenvalue weighted by Gasteiger charge is 2.00. The molecule has 0 unspecified atom stereocenters. The average molecular weight is 195 g/mol. The molecule has 3 nitrogen and oxygen atoms in total. The van der Waals surface area contributed by atoms with Crippen molar-refractivity contribution in [1.82, 2.24) is 4.98 Å². The van der Waals surface area contributed by atoms with Crippen molar-refractivity contribution in [2.75, 3.05) is 5.48 Å². The molecule has 0 saturated carbocycles. The second kappa shape index (κ2) is 3.20. The number of aromatic nitrogens is 1. The lowest BCUT2D eigenvalue weighted by atomic mass is 10.2. The zero-order valence-electron chi connectivity index (χ0n) is 6.66. The number of hydrogen-bond donors (Lipinski definition) is 2. The molecule has 0 aliphatic heterocycles. The molecule has 2 N–H and O–H groups in total. The summed E-state index contributed by atoms with van der Waals surface area (Å²) < 4.78 is 0. The number of fused-ring (bicyclic) bond motifs is 1. The van der Waals surface area contributed by atoms with Gasteiger partial charge in [0.05, 0.1) is 11.2 Å². The molecule has 13 heavy (non-hydrogen) atoms. The van der Waals surface area contributed by atoms with Gasteiger partial charge in [0, 0.05) is 16.6 Å². The smallest absolute Gasteiger partial charge is 0.0738 e. The Hall–Kier alpha value is -1.32. The van der Waals surface area contributed by atoms with Crippen LogP contribution in [0.1, 0.15) is 0 Å². The number of benzene rings is 1. The third kappa shape index (κ3) is 1.43. The van der Waals surface area contributed by atoms with E-state index in [-0.39, 0.29) is 0 Å². The van der Waals surface area contributed by atoms with Crippen LogP contribution in [0.25, 0.3) is 10.9 Å².